The number of carbonyl (C=O) groups is 1. The van der Waals surface area contributed by atoms with Crippen molar-refractivity contribution < 1.29 is 37.3 Å². The van der Waals surface area contributed by atoms with E-state index < -0.39 is 13.9 Å². The molecule has 0 saturated heterocycles. The van der Waals surface area contributed by atoms with Crippen LogP contribution < -0.4 is 0 Å². The van der Waals surface area contributed by atoms with E-state index >= 15 is 0 Å². The molecule has 0 bridgehead atoms. The molecular weight excluding hydrogens is 565 g/mol. The summed E-state index contributed by atoms with van der Waals surface area (Å²) in [6.45, 7) is 5.56. The van der Waals surface area contributed by atoms with Gasteiger partial charge >= 0.3 is 13.8 Å². The molecule has 0 aromatic rings. The van der Waals surface area contributed by atoms with E-state index in [0.717, 1.165) is 38.5 Å². The summed E-state index contributed by atoms with van der Waals surface area (Å²) < 4.78 is 34.6. The molecule has 0 spiro atoms. The number of unbranched alkanes of at least 4 members (excludes halogenated alkanes) is 19. The Bertz CT molecular complexity index is 672. The van der Waals surface area contributed by atoms with Gasteiger partial charge in [0, 0.05) is 13.0 Å². The number of phosphoric acid groups is 1. The molecule has 8 nitrogen and oxygen atoms in total. The summed E-state index contributed by atoms with van der Waals surface area (Å²) in [4.78, 5) is 22.5. The normalized spacial score (nSPS) is 14.1. The fourth-order valence-corrected chi connectivity index (χ4v) is 5.59. The SMILES string of the molecule is CCCCCCCCCCCCCCCCCCOCC(COP(=O)(O)OCC[N+](C)(C)C)OC(=O)CCCCCCC. The number of hydrogen-bond acceptors (Lipinski definition) is 6. The first-order valence-corrected chi connectivity index (χ1v) is 19.3. The lowest BCUT2D eigenvalue weighted by Crippen LogP contribution is -2.37. The Labute approximate surface area is 266 Å². The zero-order chi connectivity index (χ0) is 32.1. The topological polar surface area (TPSA) is 91.3 Å². The average Bonchev–Trinajstić information content (AvgIpc) is 2.94. The summed E-state index contributed by atoms with van der Waals surface area (Å²) in [7, 11) is 1.67. The lowest BCUT2D eigenvalue weighted by atomic mass is 10.0. The van der Waals surface area contributed by atoms with Crippen LogP contribution in [0.2, 0.25) is 0 Å². The first kappa shape index (κ1) is 42.5. The summed E-state index contributed by atoms with van der Waals surface area (Å²) in [5.41, 5.74) is 0. The van der Waals surface area contributed by atoms with Crippen LogP contribution in [0.4, 0.5) is 0 Å². The van der Waals surface area contributed by atoms with E-state index in [2.05, 4.69) is 13.8 Å². The highest BCUT2D eigenvalue weighted by Crippen LogP contribution is 2.43. The Morgan fingerprint density at radius 3 is 1.53 bits per heavy atom. The maximum absolute atomic E-state index is 12.4. The van der Waals surface area contributed by atoms with E-state index in [-0.39, 0.29) is 25.8 Å². The molecule has 2 unspecified atom stereocenters. The number of carbonyl (C=O) groups excluding carboxylic acids is 1. The van der Waals surface area contributed by atoms with Gasteiger partial charge in [-0.25, -0.2) is 4.57 Å². The van der Waals surface area contributed by atoms with Crippen LogP contribution in [-0.2, 0) is 27.9 Å². The van der Waals surface area contributed by atoms with Gasteiger partial charge in [0.2, 0.25) is 0 Å². The van der Waals surface area contributed by atoms with Crippen molar-refractivity contribution in [2.45, 2.75) is 161 Å². The fourth-order valence-electron chi connectivity index (χ4n) is 4.85. The minimum Gasteiger partial charge on any atom is -0.457 e. The van der Waals surface area contributed by atoms with Gasteiger partial charge in [0.25, 0.3) is 0 Å². The van der Waals surface area contributed by atoms with Crippen LogP contribution in [0, 0.1) is 0 Å². The third-order valence-corrected chi connectivity index (χ3v) is 8.65. The van der Waals surface area contributed by atoms with Crippen molar-refractivity contribution in [1.29, 1.82) is 0 Å². The minimum atomic E-state index is -4.24. The van der Waals surface area contributed by atoms with E-state index in [1.54, 1.807) is 0 Å². The fraction of sp³-hybridized carbons (Fsp3) is 0.971. The van der Waals surface area contributed by atoms with Gasteiger partial charge < -0.3 is 18.9 Å². The second kappa shape index (κ2) is 28.9. The van der Waals surface area contributed by atoms with Crippen LogP contribution in [0.1, 0.15) is 155 Å². The molecule has 0 aromatic heterocycles. The predicted molar refractivity (Wildman–Crippen MR) is 178 cm³/mol. The first-order chi connectivity index (χ1) is 20.6. The monoisotopic (exact) mass is 636 g/mol. The number of ether oxygens (including phenoxy) is 2. The summed E-state index contributed by atoms with van der Waals surface area (Å²) in [6.07, 6.45) is 25.9. The van der Waals surface area contributed by atoms with Gasteiger partial charge in [0.15, 0.2) is 0 Å². The van der Waals surface area contributed by atoms with Crippen LogP contribution in [0.5, 0.6) is 0 Å². The molecule has 1 N–H and O–H groups in total. The van der Waals surface area contributed by atoms with Gasteiger partial charge in [-0.1, -0.05) is 136 Å². The number of likely N-dealkylation sites (N-methyl/N-ethyl adjacent to an activating group) is 1. The third-order valence-electron chi connectivity index (χ3n) is 7.67. The molecule has 0 aliphatic rings. The van der Waals surface area contributed by atoms with Gasteiger partial charge in [-0.05, 0) is 12.8 Å². The molecule has 9 heteroatoms. The smallest absolute Gasteiger partial charge is 0.457 e. The Balaban J connectivity index is 4.10. The zero-order valence-electron chi connectivity index (χ0n) is 29.0. The molecule has 0 heterocycles. The van der Waals surface area contributed by atoms with Crippen molar-refractivity contribution in [1.82, 2.24) is 0 Å². The molecular formula is C34H71NO7P+. The Hall–Kier alpha value is -0.500. The van der Waals surface area contributed by atoms with Crippen molar-refractivity contribution in [3.8, 4) is 0 Å². The number of esters is 1. The first-order valence-electron chi connectivity index (χ1n) is 17.8. The molecule has 0 saturated carbocycles. The van der Waals surface area contributed by atoms with E-state index in [1.807, 2.05) is 21.1 Å². The number of hydrogen-bond donors (Lipinski definition) is 1. The highest BCUT2D eigenvalue weighted by molar-refractivity contribution is 7.47. The summed E-state index contributed by atoms with van der Waals surface area (Å²) in [6, 6.07) is 0. The molecule has 0 aromatic carbocycles. The predicted octanol–water partition coefficient (Wildman–Crippen LogP) is 9.38. The van der Waals surface area contributed by atoms with Gasteiger partial charge in [-0.2, -0.15) is 0 Å². The van der Waals surface area contributed by atoms with Crippen molar-refractivity contribution in [2.75, 3.05) is 54.1 Å². The van der Waals surface area contributed by atoms with Crippen LogP contribution >= 0.6 is 7.82 Å². The Morgan fingerprint density at radius 1 is 0.628 bits per heavy atom. The van der Waals surface area contributed by atoms with E-state index in [4.69, 9.17) is 18.5 Å². The standard InChI is InChI=1S/C34H70NO7P/c1-6-8-10-12-13-14-15-16-17-18-19-20-21-22-24-26-29-39-31-33(42-34(36)27-25-23-11-9-7-2)32-41-43(37,38)40-30-28-35(3,4)5/h33H,6-32H2,1-5H3/p+1. The van der Waals surface area contributed by atoms with Crippen molar-refractivity contribution in [3.05, 3.63) is 0 Å². The van der Waals surface area contributed by atoms with Gasteiger partial charge in [0.05, 0.1) is 34.4 Å². The van der Waals surface area contributed by atoms with Gasteiger partial charge in [-0.3, -0.25) is 13.8 Å². The lowest BCUT2D eigenvalue weighted by molar-refractivity contribution is -0.870. The van der Waals surface area contributed by atoms with E-state index in [0.29, 0.717) is 24.1 Å². The molecule has 2 atom stereocenters. The molecule has 258 valence electrons. The summed E-state index contributed by atoms with van der Waals surface area (Å²) in [5.74, 6) is -0.324. The summed E-state index contributed by atoms with van der Waals surface area (Å²) in [5, 5.41) is 0. The largest absolute Gasteiger partial charge is 0.472 e. The average molecular weight is 637 g/mol. The second-order valence-corrected chi connectivity index (χ2v) is 14.7. The molecule has 43 heavy (non-hydrogen) atoms. The van der Waals surface area contributed by atoms with E-state index in [1.165, 1.54) is 96.3 Å². The lowest BCUT2D eigenvalue weighted by Gasteiger charge is -2.24. The second-order valence-electron chi connectivity index (χ2n) is 13.3. The van der Waals surface area contributed by atoms with Crippen LogP contribution in [-0.4, -0.2) is 75.6 Å². The maximum atomic E-state index is 12.4. The number of rotatable bonds is 33. The minimum absolute atomic E-state index is 0.0925. The highest BCUT2D eigenvalue weighted by Gasteiger charge is 2.26. The van der Waals surface area contributed by atoms with Gasteiger partial charge in [-0.15, -0.1) is 0 Å². The molecule has 0 rings (SSSR count). The Morgan fingerprint density at radius 2 is 1.07 bits per heavy atom. The van der Waals surface area contributed by atoms with Crippen LogP contribution in [0.15, 0.2) is 0 Å². The number of nitrogens with zero attached hydrogens (tertiary/aromatic N) is 1. The molecule has 0 aliphatic heterocycles. The zero-order valence-corrected chi connectivity index (χ0v) is 29.9. The number of quaternary nitrogens is 1. The van der Waals surface area contributed by atoms with Crippen LogP contribution in [0.3, 0.4) is 0 Å². The molecule has 0 fully saturated rings. The number of phosphoric ester groups is 1. The van der Waals surface area contributed by atoms with Gasteiger partial charge in [0.1, 0.15) is 19.3 Å². The molecule has 0 amide bonds. The molecule has 0 aliphatic carbocycles. The molecule has 0 radical (unpaired) electrons. The van der Waals surface area contributed by atoms with E-state index in [9.17, 15) is 14.3 Å². The van der Waals surface area contributed by atoms with Crippen LogP contribution in [0.25, 0.3) is 0 Å². The quantitative estimate of drug-likeness (QED) is 0.0332. The van der Waals surface area contributed by atoms with Crippen molar-refractivity contribution in [3.63, 3.8) is 0 Å². The maximum Gasteiger partial charge on any atom is 0.472 e. The summed E-state index contributed by atoms with van der Waals surface area (Å²) >= 11 is 0. The van der Waals surface area contributed by atoms with Crippen molar-refractivity contribution in [2.24, 2.45) is 0 Å². The Kier molecular flexibility index (Phi) is 28.6. The third kappa shape index (κ3) is 32.7. The highest BCUT2D eigenvalue weighted by atomic mass is 31.2. The van der Waals surface area contributed by atoms with Crippen molar-refractivity contribution >= 4 is 13.8 Å².